The van der Waals surface area contributed by atoms with Gasteiger partial charge in [-0.25, -0.2) is 0 Å². The highest BCUT2D eigenvalue weighted by Gasteiger charge is 2.23. The van der Waals surface area contributed by atoms with Crippen molar-refractivity contribution in [3.63, 3.8) is 0 Å². The zero-order chi connectivity index (χ0) is 20.2. The van der Waals surface area contributed by atoms with Crippen LogP contribution in [0.15, 0.2) is 18.2 Å². The van der Waals surface area contributed by atoms with Gasteiger partial charge in [-0.3, -0.25) is 9.69 Å². The Kier molecular flexibility index (Phi) is 6.25. The number of hydrogen-bond donors (Lipinski definition) is 1. The highest BCUT2D eigenvalue weighted by Crippen LogP contribution is 2.15. The molecule has 3 heterocycles. The maximum atomic E-state index is 12.1. The van der Waals surface area contributed by atoms with Gasteiger partial charge in [0.25, 0.3) is 0 Å². The van der Waals surface area contributed by atoms with Crippen LogP contribution in [0.3, 0.4) is 0 Å². The number of carbonyl (C=O) groups is 1. The Hall–Kier alpha value is -2.25. The van der Waals surface area contributed by atoms with Gasteiger partial charge in [0.1, 0.15) is 17.8 Å². The van der Waals surface area contributed by atoms with E-state index in [4.69, 9.17) is 4.74 Å². The van der Waals surface area contributed by atoms with E-state index in [1.165, 1.54) is 16.7 Å². The maximum Gasteiger partial charge on any atom is 0.249 e. The number of carbonyl (C=O) groups excluding carboxylic acids is 1. The first-order valence-corrected chi connectivity index (χ1v) is 10.7. The first kappa shape index (κ1) is 20.0. The number of aromatic nitrogens is 3. The zero-order valence-corrected chi connectivity index (χ0v) is 17.5. The second-order valence-corrected chi connectivity index (χ2v) is 8.25. The molecule has 29 heavy (non-hydrogen) atoms. The average molecular weight is 398 g/mol. The largest absolute Gasteiger partial charge is 0.368 e. The maximum absolute atomic E-state index is 12.1. The van der Waals surface area contributed by atoms with Gasteiger partial charge in [0, 0.05) is 52.2 Å². The highest BCUT2D eigenvalue weighted by molar-refractivity contribution is 5.80. The molecule has 7 nitrogen and oxygen atoms in total. The number of benzene rings is 1. The molecular formula is C22H31N5O2. The summed E-state index contributed by atoms with van der Waals surface area (Å²) >= 11 is 0. The summed E-state index contributed by atoms with van der Waals surface area (Å²) < 4.78 is 7.67. The van der Waals surface area contributed by atoms with Crippen LogP contribution in [-0.2, 0) is 35.5 Å². The number of hydrogen-bond acceptors (Lipinski definition) is 5. The Bertz CT molecular complexity index is 837. The fourth-order valence-corrected chi connectivity index (χ4v) is 4.38. The van der Waals surface area contributed by atoms with Gasteiger partial charge in [0.15, 0.2) is 0 Å². The number of nitrogens with one attached hydrogen (secondary N) is 1. The van der Waals surface area contributed by atoms with Crippen molar-refractivity contribution in [3.05, 3.63) is 46.5 Å². The lowest BCUT2D eigenvalue weighted by Crippen LogP contribution is -2.35. The minimum absolute atomic E-state index is 0.00210. The summed E-state index contributed by atoms with van der Waals surface area (Å²) in [5, 5.41) is 11.8. The van der Waals surface area contributed by atoms with Gasteiger partial charge >= 0.3 is 0 Å². The van der Waals surface area contributed by atoms with Crippen molar-refractivity contribution in [1.29, 1.82) is 0 Å². The molecule has 1 N–H and O–H groups in total. The molecule has 0 spiro atoms. The predicted octanol–water partition coefficient (Wildman–Crippen LogP) is 1.79. The van der Waals surface area contributed by atoms with E-state index in [0.29, 0.717) is 19.6 Å². The van der Waals surface area contributed by atoms with Crippen molar-refractivity contribution in [2.24, 2.45) is 0 Å². The smallest absolute Gasteiger partial charge is 0.249 e. The topological polar surface area (TPSA) is 72.3 Å². The van der Waals surface area contributed by atoms with Crippen LogP contribution >= 0.6 is 0 Å². The highest BCUT2D eigenvalue weighted by atomic mass is 16.5. The van der Waals surface area contributed by atoms with E-state index in [1.54, 1.807) is 0 Å². The van der Waals surface area contributed by atoms with Crippen LogP contribution in [0.1, 0.15) is 41.2 Å². The van der Waals surface area contributed by atoms with E-state index < -0.39 is 0 Å². The molecule has 1 atom stereocenters. The van der Waals surface area contributed by atoms with Crippen LogP contribution < -0.4 is 5.32 Å². The van der Waals surface area contributed by atoms with Crippen LogP contribution in [0, 0.1) is 13.8 Å². The molecule has 1 aromatic heterocycles. The summed E-state index contributed by atoms with van der Waals surface area (Å²) in [5.74, 6) is 2.01. The molecule has 4 rings (SSSR count). The van der Waals surface area contributed by atoms with Crippen molar-refractivity contribution in [2.75, 3.05) is 26.2 Å². The quantitative estimate of drug-likeness (QED) is 0.805. The summed E-state index contributed by atoms with van der Waals surface area (Å²) in [6.07, 6.45) is 3.11. The first-order chi connectivity index (χ1) is 14.1. The first-order valence-electron chi connectivity index (χ1n) is 10.7. The Morgan fingerprint density at radius 1 is 1.17 bits per heavy atom. The van der Waals surface area contributed by atoms with Crippen LogP contribution in [0.2, 0.25) is 0 Å². The molecule has 7 heteroatoms. The fraction of sp³-hybridized carbons (Fsp3) is 0.591. The molecule has 0 saturated carbocycles. The number of aryl methyl sites for hydroxylation is 2. The molecule has 2 aliphatic heterocycles. The Labute approximate surface area is 172 Å². The molecule has 1 fully saturated rings. The SMILES string of the molecule is Cc1cc(C)cc(CN2CCc3nnc(CCNC(=O)[C@@H]4CCCO4)n3CC2)c1. The van der Waals surface area contributed by atoms with Gasteiger partial charge in [0.2, 0.25) is 5.91 Å². The number of nitrogens with zero attached hydrogens (tertiary/aromatic N) is 4. The third-order valence-electron chi connectivity index (χ3n) is 5.75. The second-order valence-electron chi connectivity index (χ2n) is 8.25. The molecule has 156 valence electrons. The van der Waals surface area contributed by atoms with E-state index >= 15 is 0 Å². The van der Waals surface area contributed by atoms with Crippen molar-refractivity contribution in [2.45, 2.75) is 58.7 Å². The summed E-state index contributed by atoms with van der Waals surface area (Å²) in [6.45, 7) is 9.40. The van der Waals surface area contributed by atoms with E-state index in [9.17, 15) is 4.79 Å². The Morgan fingerprint density at radius 3 is 2.76 bits per heavy atom. The summed E-state index contributed by atoms with van der Waals surface area (Å²) in [4.78, 5) is 14.6. The van der Waals surface area contributed by atoms with Gasteiger partial charge in [-0.15, -0.1) is 10.2 Å². The van der Waals surface area contributed by atoms with Gasteiger partial charge in [-0.1, -0.05) is 29.3 Å². The number of rotatable bonds is 6. The molecule has 0 unspecified atom stereocenters. The summed E-state index contributed by atoms with van der Waals surface area (Å²) in [7, 11) is 0. The van der Waals surface area contributed by atoms with Crippen LogP contribution in [0.5, 0.6) is 0 Å². The third kappa shape index (κ3) is 5.03. The monoisotopic (exact) mass is 397 g/mol. The number of fused-ring (bicyclic) bond motifs is 1. The Morgan fingerprint density at radius 2 is 2.00 bits per heavy atom. The van der Waals surface area contributed by atoms with E-state index in [-0.39, 0.29) is 12.0 Å². The molecule has 1 aromatic carbocycles. The normalized spacial score (nSPS) is 19.7. The summed E-state index contributed by atoms with van der Waals surface area (Å²) in [6, 6.07) is 6.78. The molecule has 1 saturated heterocycles. The summed E-state index contributed by atoms with van der Waals surface area (Å²) in [5.41, 5.74) is 4.01. The second kappa shape index (κ2) is 9.05. The molecule has 1 amide bonds. The van der Waals surface area contributed by atoms with E-state index in [2.05, 4.69) is 57.0 Å². The fourth-order valence-electron chi connectivity index (χ4n) is 4.38. The molecule has 2 aliphatic rings. The van der Waals surface area contributed by atoms with Crippen molar-refractivity contribution in [1.82, 2.24) is 25.0 Å². The van der Waals surface area contributed by atoms with E-state index in [0.717, 1.165) is 57.1 Å². The van der Waals surface area contributed by atoms with Gasteiger partial charge < -0.3 is 14.6 Å². The lowest BCUT2D eigenvalue weighted by molar-refractivity contribution is -0.130. The lowest BCUT2D eigenvalue weighted by atomic mass is 10.1. The van der Waals surface area contributed by atoms with Crippen LogP contribution in [0.25, 0.3) is 0 Å². The van der Waals surface area contributed by atoms with Gasteiger partial charge in [0.05, 0.1) is 0 Å². The molecule has 2 aromatic rings. The lowest BCUT2D eigenvalue weighted by Gasteiger charge is -2.20. The van der Waals surface area contributed by atoms with Gasteiger partial charge in [-0.05, 0) is 32.3 Å². The van der Waals surface area contributed by atoms with Gasteiger partial charge in [-0.2, -0.15) is 0 Å². The standard InChI is InChI=1S/C22H31N5O2/c1-16-12-17(2)14-18(13-16)15-26-8-6-21-25-24-20(27(21)10-9-26)5-7-23-22(28)19-4-3-11-29-19/h12-14,19H,3-11,15H2,1-2H3,(H,23,28)/t19-/m0/s1. The van der Waals surface area contributed by atoms with Crippen molar-refractivity contribution < 1.29 is 9.53 Å². The average Bonchev–Trinajstić information content (AvgIpc) is 3.29. The Balaban J connectivity index is 1.31. The molecule has 0 radical (unpaired) electrons. The number of amides is 1. The predicted molar refractivity (Wildman–Crippen MR) is 111 cm³/mol. The van der Waals surface area contributed by atoms with E-state index in [1.807, 2.05) is 0 Å². The van der Waals surface area contributed by atoms with Crippen LogP contribution in [0.4, 0.5) is 0 Å². The zero-order valence-electron chi connectivity index (χ0n) is 17.5. The molecule has 0 aliphatic carbocycles. The van der Waals surface area contributed by atoms with Crippen LogP contribution in [-0.4, -0.2) is 57.9 Å². The number of ether oxygens (including phenoxy) is 1. The third-order valence-corrected chi connectivity index (χ3v) is 5.75. The minimum Gasteiger partial charge on any atom is -0.368 e. The van der Waals surface area contributed by atoms with Crippen molar-refractivity contribution >= 4 is 5.91 Å². The molecule has 0 bridgehead atoms. The van der Waals surface area contributed by atoms with Crippen molar-refractivity contribution in [3.8, 4) is 0 Å². The minimum atomic E-state index is -0.274. The molecular weight excluding hydrogens is 366 g/mol.